The van der Waals surface area contributed by atoms with E-state index < -0.39 is 4.92 Å². The molecule has 2 aromatic carbocycles. The Kier molecular flexibility index (Phi) is 8.46. The highest BCUT2D eigenvalue weighted by Crippen LogP contribution is 2.26. The Bertz CT molecular complexity index is 2460. The van der Waals surface area contributed by atoms with E-state index in [0.29, 0.717) is 23.0 Å². The summed E-state index contributed by atoms with van der Waals surface area (Å²) in [4.78, 5) is 37.3. The molecule has 50 heavy (non-hydrogen) atoms. The number of fused-ring (bicyclic) bond motifs is 2. The quantitative estimate of drug-likeness (QED) is 0.0894. The first-order chi connectivity index (χ1) is 24.3. The van der Waals surface area contributed by atoms with Gasteiger partial charge in [0.25, 0.3) is 5.69 Å². The van der Waals surface area contributed by atoms with E-state index in [0.717, 1.165) is 51.1 Å². The fourth-order valence-electron chi connectivity index (χ4n) is 5.45. The van der Waals surface area contributed by atoms with Gasteiger partial charge in [-0.15, -0.1) is 0 Å². The number of aryl methyl sites for hydroxylation is 2. The van der Waals surface area contributed by atoms with E-state index in [9.17, 15) is 10.1 Å². The van der Waals surface area contributed by atoms with Crippen molar-refractivity contribution in [2.45, 2.75) is 13.8 Å². The lowest BCUT2D eigenvalue weighted by Gasteiger charge is -2.08. The van der Waals surface area contributed by atoms with Crippen molar-refractivity contribution in [2.75, 3.05) is 16.4 Å². The molecule has 0 unspecified atom stereocenters. The van der Waals surface area contributed by atoms with Crippen molar-refractivity contribution < 1.29 is 4.92 Å². The molecule has 6 aromatic heterocycles. The third-order valence-corrected chi connectivity index (χ3v) is 7.70. The van der Waals surface area contributed by atoms with Gasteiger partial charge in [-0.1, -0.05) is 12.1 Å². The van der Waals surface area contributed by atoms with Gasteiger partial charge >= 0.3 is 0 Å². The molecule has 8 rings (SSSR count). The van der Waals surface area contributed by atoms with Crippen molar-refractivity contribution in [3.8, 4) is 22.8 Å². The lowest BCUT2D eigenvalue weighted by molar-refractivity contribution is -0.384. The second-order valence-electron chi connectivity index (χ2n) is 11.2. The first kappa shape index (κ1) is 31.4. The van der Waals surface area contributed by atoms with Gasteiger partial charge in [0.05, 0.1) is 52.5 Å². The topological polar surface area (TPSA) is 179 Å². The van der Waals surface area contributed by atoms with Crippen molar-refractivity contribution in [3.63, 3.8) is 0 Å². The minimum atomic E-state index is -0.433. The highest BCUT2D eigenvalue weighted by molar-refractivity contribution is 5.67. The summed E-state index contributed by atoms with van der Waals surface area (Å²) in [6, 6.07) is 25.4. The Hall–Kier alpha value is -7.22. The first-order valence-corrected chi connectivity index (χ1v) is 15.5. The van der Waals surface area contributed by atoms with Gasteiger partial charge in [0.2, 0.25) is 0 Å². The molecule has 14 heteroatoms. The van der Waals surface area contributed by atoms with E-state index in [2.05, 4.69) is 40.5 Å². The molecule has 8 aromatic rings. The number of nitrogens with zero attached hydrogens (tertiary/aromatic N) is 9. The molecule has 0 saturated carbocycles. The van der Waals surface area contributed by atoms with Crippen LogP contribution in [-0.4, -0.2) is 43.6 Å². The zero-order valence-corrected chi connectivity index (χ0v) is 27.0. The van der Waals surface area contributed by atoms with Crippen LogP contribution in [0.4, 0.5) is 34.4 Å². The molecule has 0 fully saturated rings. The number of nitrogen functional groups attached to an aromatic ring is 1. The summed E-state index contributed by atoms with van der Waals surface area (Å²) < 4.78 is 3.99. The summed E-state index contributed by atoms with van der Waals surface area (Å²) in [5.74, 6) is 1.21. The third kappa shape index (κ3) is 6.61. The Morgan fingerprint density at radius 2 is 1.08 bits per heavy atom. The normalized spacial score (nSPS) is 10.8. The lowest BCUT2D eigenvalue weighted by Crippen LogP contribution is -1.98. The van der Waals surface area contributed by atoms with Crippen LogP contribution in [0.2, 0.25) is 0 Å². The SMILES string of the molecule is Cc1nc2ccccn2c1-c1cncc(Nc2ccc(N)cc2)n1.Cc1nc2ccccn2c1-c1cncc(Nc2ccc([N+](=O)[O-])cc2)n1. The smallest absolute Gasteiger partial charge is 0.269 e. The summed E-state index contributed by atoms with van der Waals surface area (Å²) in [7, 11) is 0. The fraction of sp³-hybridized carbons (Fsp3) is 0.0556. The molecule has 0 bridgehead atoms. The third-order valence-electron chi connectivity index (χ3n) is 7.70. The van der Waals surface area contributed by atoms with Crippen molar-refractivity contribution in [3.05, 3.63) is 144 Å². The Morgan fingerprint density at radius 3 is 1.54 bits per heavy atom. The van der Waals surface area contributed by atoms with E-state index in [-0.39, 0.29) is 5.69 Å². The summed E-state index contributed by atoms with van der Waals surface area (Å²) in [6.45, 7) is 3.91. The van der Waals surface area contributed by atoms with Crippen LogP contribution in [0.3, 0.4) is 0 Å². The molecule has 0 atom stereocenters. The minimum absolute atomic E-state index is 0.0386. The molecule has 14 nitrogen and oxygen atoms in total. The first-order valence-electron chi connectivity index (χ1n) is 15.5. The molecule has 0 aliphatic rings. The molecular formula is C36H30N12O2. The van der Waals surface area contributed by atoms with Gasteiger partial charge in [0.1, 0.15) is 34.3 Å². The summed E-state index contributed by atoms with van der Waals surface area (Å²) >= 11 is 0. The number of imidazole rings is 2. The van der Waals surface area contributed by atoms with E-state index in [4.69, 9.17) is 5.73 Å². The van der Waals surface area contributed by atoms with E-state index >= 15 is 0 Å². The second-order valence-corrected chi connectivity index (χ2v) is 11.2. The monoisotopic (exact) mass is 662 g/mol. The van der Waals surface area contributed by atoms with Crippen LogP contribution in [0.15, 0.2) is 122 Å². The van der Waals surface area contributed by atoms with Crippen LogP contribution in [0.25, 0.3) is 34.1 Å². The summed E-state index contributed by atoms with van der Waals surface area (Å²) in [5, 5.41) is 17.1. The average Bonchev–Trinajstić information content (AvgIpc) is 3.65. The van der Waals surface area contributed by atoms with E-state index in [1.165, 1.54) is 12.1 Å². The van der Waals surface area contributed by atoms with Crippen LogP contribution in [0.1, 0.15) is 11.4 Å². The van der Waals surface area contributed by atoms with Gasteiger partial charge < -0.3 is 16.4 Å². The standard InChI is InChI=1S/C18H14N6O2.C18H16N6/c1-12-18(23-9-3-2-4-17(23)20-12)15-10-19-11-16(22-15)21-13-5-7-14(8-6-13)24(25)26;1-12-18(24-9-3-2-4-17(24)21-12)15-10-20-11-16(23-15)22-14-7-5-13(19)6-8-14/h2-11H,1H3,(H,21,22);2-11H,19H2,1H3,(H,22,23). The van der Waals surface area contributed by atoms with Gasteiger partial charge in [0.15, 0.2) is 0 Å². The molecular weight excluding hydrogens is 632 g/mol. The molecule has 246 valence electrons. The number of nitrogens with two attached hydrogens (primary N) is 1. The number of nitrogens with one attached hydrogen (secondary N) is 2. The second kappa shape index (κ2) is 13.5. The van der Waals surface area contributed by atoms with E-state index in [1.807, 2.05) is 95.7 Å². The maximum absolute atomic E-state index is 10.7. The maximum atomic E-state index is 10.7. The highest BCUT2D eigenvalue weighted by atomic mass is 16.6. The predicted octanol–water partition coefficient (Wildman–Crippen LogP) is 7.18. The Balaban J connectivity index is 0.000000157. The number of hydrogen-bond donors (Lipinski definition) is 3. The number of anilines is 5. The number of rotatable bonds is 7. The molecule has 4 N–H and O–H groups in total. The number of non-ortho nitro benzene ring substituents is 1. The van der Waals surface area contributed by atoms with Crippen LogP contribution in [0, 0.1) is 24.0 Å². The average molecular weight is 663 g/mol. The number of aromatic nitrogens is 8. The zero-order chi connectivity index (χ0) is 34.6. The van der Waals surface area contributed by atoms with Gasteiger partial charge in [-0.3, -0.25) is 28.9 Å². The Labute approximate surface area is 285 Å². The van der Waals surface area contributed by atoms with Gasteiger partial charge in [0, 0.05) is 41.6 Å². The van der Waals surface area contributed by atoms with Crippen molar-refractivity contribution in [2.24, 2.45) is 0 Å². The minimum Gasteiger partial charge on any atom is -0.399 e. The molecule has 0 aliphatic carbocycles. The number of pyridine rings is 2. The molecule has 0 spiro atoms. The van der Waals surface area contributed by atoms with Gasteiger partial charge in [-0.05, 0) is 74.5 Å². The van der Waals surface area contributed by atoms with Crippen LogP contribution < -0.4 is 16.4 Å². The van der Waals surface area contributed by atoms with Crippen molar-refractivity contribution in [1.29, 1.82) is 0 Å². The summed E-state index contributed by atoms with van der Waals surface area (Å²) in [6.07, 6.45) is 10.6. The Morgan fingerprint density at radius 1 is 0.620 bits per heavy atom. The number of benzene rings is 2. The predicted molar refractivity (Wildman–Crippen MR) is 192 cm³/mol. The number of nitro groups is 1. The molecule has 0 saturated heterocycles. The lowest BCUT2D eigenvalue weighted by atomic mass is 10.2. The maximum Gasteiger partial charge on any atom is 0.269 e. The number of hydrogen-bond acceptors (Lipinski definition) is 11. The van der Waals surface area contributed by atoms with Gasteiger partial charge in [-0.25, -0.2) is 19.9 Å². The fourth-order valence-corrected chi connectivity index (χ4v) is 5.45. The molecule has 6 heterocycles. The molecule has 0 radical (unpaired) electrons. The van der Waals surface area contributed by atoms with E-state index in [1.54, 1.807) is 36.9 Å². The largest absolute Gasteiger partial charge is 0.399 e. The van der Waals surface area contributed by atoms with Crippen LogP contribution >= 0.6 is 0 Å². The van der Waals surface area contributed by atoms with Crippen LogP contribution in [-0.2, 0) is 0 Å². The molecule has 0 aliphatic heterocycles. The van der Waals surface area contributed by atoms with Gasteiger partial charge in [-0.2, -0.15) is 0 Å². The summed E-state index contributed by atoms with van der Waals surface area (Å²) in [5.41, 5.74) is 14.9. The highest BCUT2D eigenvalue weighted by Gasteiger charge is 2.14. The number of nitro benzene ring substituents is 1. The van der Waals surface area contributed by atoms with Crippen molar-refractivity contribution in [1.82, 2.24) is 38.7 Å². The molecule has 0 amide bonds. The van der Waals surface area contributed by atoms with Crippen LogP contribution in [0.5, 0.6) is 0 Å². The van der Waals surface area contributed by atoms with Crippen molar-refractivity contribution >= 4 is 45.7 Å². The zero-order valence-electron chi connectivity index (χ0n) is 27.0.